The van der Waals surface area contributed by atoms with E-state index in [2.05, 4.69) is 12.0 Å². The highest BCUT2D eigenvalue weighted by atomic mass is 16.5. The van der Waals surface area contributed by atoms with E-state index in [0.717, 1.165) is 0 Å². The van der Waals surface area contributed by atoms with Crippen molar-refractivity contribution in [3.63, 3.8) is 0 Å². The summed E-state index contributed by atoms with van der Waals surface area (Å²) >= 11 is 0. The van der Waals surface area contributed by atoms with Crippen LogP contribution in [0.3, 0.4) is 0 Å². The van der Waals surface area contributed by atoms with Gasteiger partial charge in [-0.05, 0) is 13.0 Å². The number of methoxy groups -OCH3 is 1. The lowest BCUT2D eigenvalue weighted by Crippen LogP contribution is -2.10. The van der Waals surface area contributed by atoms with Gasteiger partial charge in [-0.3, -0.25) is 4.68 Å². The summed E-state index contributed by atoms with van der Waals surface area (Å²) in [6, 6.07) is 2.24. The third-order valence-corrected chi connectivity index (χ3v) is 1.38. The molecule has 3 heteroatoms. The molecule has 0 saturated heterocycles. The summed E-state index contributed by atoms with van der Waals surface area (Å²) in [5.41, 5.74) is 0. The second kappa shape index (κ2) is 3.37. The molecule has 1 aromatic rings. The zero-order chi connectivity index (χ0) is 7.40. The lowest BCUT2D eigenvalue weighted by atomic mass is 10.4. The van der Waals surface area contributed by atoms with Crippen molar-refractivity contribution in [1.29, 1.82) is 0 Å². The summed E-state index contributed by atoms with van der Waals surface area (Å²) in [4.78, 5) is 0. The predicted octanol–water partition coefficient (Wildman–Crippen LogP) is 1.09. The third-order valence-electron chi connectivity index (χ3n) is 1.38. The Hall–Kier alpha value is -0.830. The van der Waals surface area contributed by atoms with E-state index in [1.165, 1.54) is 0 Å². The van der Waals surface area contributed by atoms with Gasteiger partial charge in [0.1, 0.15) is 0 Å². The average Bonchev–Trinajstić information content (AvgIpc) is 2.38. The van der Waals surface area contributed by atoms with Crippen LogP contribution >= 0.6 is 0 Å². The number of nitrogens with zero attached hydrogens (tertiary/aromatic N) is 2. The van der Waals surface area contributed by atoms with Gasteiger partial charge in [0, 0.05) is 19.5 Å². The molecule has 0 aliphatic carbocycles. The fraction of sp³-hybridized carbons (Fsp3) is 0.571. The van der Waals surface area contributed by atoms with Crippen molar-refractivity contribution in [2.45, 2.75) is 13.0 Å². The van der Waals surface area contributed by atoms with Gasteiger partial charge in [0.2, 0.25) is 0 Å². The predicted molar refractivity (Wildman–Crippen MR) is 38.8 cm³/mol. The van der Waals surface area contributed by atoms with Gasteiger partial charge in [-0.15, -0.1) is 0 Å². The van der Waals surface area contributed by atoms with E-state index in [-0.39, 0.29) is 0 Å². The van der Waals surface area contributed by atoms with E-state index in [1.54, 1.807) is 13.3 Å². The van der Waals surface area contributed by atoms with Crippen molar-refractivity contribution in [2.24, 2.45) is 0 Å². The minimum Gasteiger partial charge on any atom is -0.382 e. The average molecular weight is 140 g/mol. The zero-order valence-electron chi connectivity index (χ0n) is 6.32. The molecule has 0 amide bonds. The Bertz CT molecular complexity index is 172. The van der Waals surface area contributed by atoms with Gasteiger partial charge in [0.25, 0.3) is 0 Å². The monoisotopic (exact) mass is 140 g/mol. The first-order valence-electron chi connectivity index (χ1n) is 3.32. The maximum atomic E-state index is 4.97. The van der Waals surface area contributed by atoms with Gasteiger partial charge in [0.05, 0.1) is 12.6 Å². The largest absolute Gasteiger partial charge is 0.382 e. The zero-order valence-corrected chi connectivity index (χ0v) is 6.32. The van der Waals surface area contributed by atoms with Crippen LogP contribution < -0.4 is 0 Å². The molecule has 10 heavy (non-hydrogen) atoms. The summed E-state index contributed by atoms with van der Waals surface area (Å²) in [7, 11) is 1.69. The van der Waals surface area contributed by atoms with Crippen LogP contribution in [0.1, 0.15) is 13.0 Å². The van der Waals surface area contributed by atoms with Crippen LogP contribution in [-0.2, 0) is 4.74 Å². The van der Waals surface area contributed by atoms with Crippen molar-refractivity contribution in [2.75, 3.05) is 13.7 Å². The quantitative estimate of drug-likeness (QED) is 0.628. The first-order valence-corrected chi connectivity index (χ1v) is 3.32. The minimum atomic E-state index is 0.333. The molecule has 1 unspecified atom stereocenters. The third kappa shape index (κ3) is 1.57. The summed E-state index contributed by atoms with van der Waals surface area (Å²) < 4.78 is 6.85. The number of ether oxygens (including phenoxy) is 1. The van der Waals surface area contributed by atoms with Gasteiger partial charge in [-0.25, -0.2) is 0 Å². The topological polar surface area (TPSA) is 27.1 Å². The Morgan fingerprint density at radius 2 is 2.50 bits per heavy atom. The highest BCUT2D eigenvalue weighted by Gasteiger charge is 2.01. The Kier molecular flexibility index (Phi) is 2.45. The van der Waals surface area contributed by atoms with Crippen molar-refractivity contribution in [1.82, 2.24) is 9.78 Å². The van der Waals surface area contributed by atoms with Crippen molar-refractivity contribution in [3.8, 4) is 0 Å². The van der Waals surface area contributed by atoms with E-state index >= 15 is 0 Å². The molecular weight excluding hydrogens is 128 g/mol. The van der Waals surface area contributed by atoms with Crippen molar-refractivity contribution >= 4 is 0 Å². The van der Waals surface area contributed by atoms with Crippen molar-refractivity contribution < 1.29 is 4.74 Å². The van der Waals surface area contributed by atoms with Crippen molar-refractivity contribution in [3.05, 3.63) is 18.5 Å². The summed E-state index contributed by atoms with van der Waals surface area (Å²) in [5, 5.41) is 4.07. The molecule has 3 nitrogen and oxygen atoms in total. The number of rotatable bonds is 3. The molecule has 0 N–H and O–H groups in total. The number of aromatic nitrogens is 2. The summed E-state index contributed by atoms with van der Waals surface area (Å²) in [6.45, 7) is 2.78. The summed E-state index contributed by atoms with van der Waals surface area (Å²) in [5.74, 6) is 0. The van der Waals surface area contributed by atoms with Crippen LogP contribution in [-0.4, -0.2) is 23.5 Å². The molecule has 0 aliphatic rings. The van der Waals surface area contributed by atoms with Crippen LogP contribution in [0.5, 0.6) is 0 Å². The molecule has 0 fully saturated rings. The molecule has 0 saturated carbocycles. The van der Waals surface area contributed by atoms with E-state index in [4.69, 9.17) is 4.74 Å². The fourth-order valence-corrected chi connectivity index (χ4v) is 0.859. The molecule has 1 atom stereocenters. The smallest absolute Gasteiger partial charge is 0.0724 e. The van der Waals surface area contributed by atoms with E-state index in [0.29, 0.717) is 12.6 Å². The first-order chi connectivity index (χ1) is 4.84. The molecule has 0 aliphatic heterocycles. The van der Waals surface area contributed by atoms with Gasteiger partial charge in [-0.2, -0.15) is 5.10 Å². The van der Waals surface area contributed by atoms with Crippen LogP contribution in [0.4, 0.5) is 0 Å². The molecule has 1 heterocycles. The molecule has 1 rings (SSSR count). The number of hydrogen-bond acceptors (Lipinski definition) is 2. The van der Waals surface area contributed by atoms with E-state index in [9.17, 15) is 0 Å². The van der Waals surface area contributed by atoms with Gasteiger partial charge >= 0.3 is 0 Å². The Labute approximate surface area is 60.6 Å². The number of hydrogen-bond donors (Lipinski definition) is 0. The lowest BCUT2D eigenvalue weighted by Gasteiger charge is -2.09. The molecule has 56 valence electrons. The maximum absolute atomic E-state index is 4.97. The normalized spacial score (nSPS) is 13.4. The maximum Gasteiger partial charge on any atom is 0.0724 e. The van der Waals surface area contributed by atoms with Crippen LogP contribution in [0.2, 0.25) is 0 Å². The molecule has 0 radical (unpaired) electrons. The second-order valence-corrected chi connectivity index (χ2v) is 2.29. The van der Waals surface area contributed by atoms with Gasteiger partial charge < -0.3 is 4.74 Å². The van der Waals surface area contributed by atoms with Crippen LogP contribution in [0, 0.1) is 0 Å². The van der Waals surface area contributed by atoms with Crippen LogP contribution in [0.25, 0.3) is 0 Å². The molecular formula is C7H12N2O. The Morgan fingerprint density at radius 1 is 1.70 bits per heavy atom. The summed E-state index contributed by atoms with van der Waals surface area (Å²) in [6.07, 6.45) is 3.70. The Balaban J connectivity index is 2.50. The second-order valence-electron chi connectivity index (χ2n) is 2.29. The first kappa shape index (κ1) is 7.28. The van der Waals surface area contributed by atoms with Crippen LogP contribution in [0.15, 0.2) is 18.5 Å². The SMILES string of the molecule is COCC(C)n1cccn1. The highest BCUT2D eigenvalue weighted by Crippen LogP contribution is 2.01. The standard InChI is InChI=1S/C7H12N2O/c1-7(6-10-2)9-5-3-4-8-9/h3-5,7H,6H2,1-2H3. The van der Waals surface area contributed by atoms with E-state index in [1.807, 2.05) is 16.9 Å². The molecule has 0 bridgehead atoms. The Morgan fingerprint density at radius 3 is 3.00 bits per heavy atom. The molecule has 1 aromatic heterocycles. The minimum absolute atomic E-state index is 0.333. The van der Waals surface area contributed by atoms with Gasteiger partial charge in [-0.1, -0.05) is 0 Å². The molecule has 0 spiro atoms. The fourth-order valence-electron chi connectivity index (χ4n) is 0.859. The van der Waals surface area contributed by atoms with E-state index < -0.39 is 0 Å². The van der Waals surface area contributed by atoms with Gasteiger partial charge in [0.15, 0.2) is 0 Å². The lowest BCUT2D eigenvalue weighted by molar-refractivity contribution is 0.157. The highest BCUT2D eigenvalue weighted by molar-refractivity contribution is 4.80. The molecule has 0 aromatic carbocycles.